The number of benzene rings is 1. The minimum Gasteiger partial charge on any atom is -0.497 e. The van der Waals surface area contributed by atoms with Crippen molar-refractivity contribution in [2.75, 3.05) is 19.1 Å². The SMILES string of the molecule is COc1ccc(C(O)CSC)c(F)c1. The number of rotatable bonds is 4. The van der Waals surface area contributed by atoms with Crippen molar-refractivity contribution in [3.63, 3.8) is 0 Å². The zero-order valence-electron chi connectivity index (χ0n) is 8.16. The van der Waals surface area contributed by atoms with Crippen molar-refractivity contribution < 1.29 is 14.2 Å². The minimum atomic E-state index is -0.754. The van der Waals surface area contributed by atoms with Gasteiger partial charge in [-0.05, 0) is 18.4 Å². The summed E-state index contributed by atoms with van der Waals surface area (Å²) in [5.74, 6) is 0.525. The summed E-state index contributed by atoms with van der Waals surface area (Å²) in [7, 11) is 1.48. The first-order chi connectivity index (χ1) is 6.69. The van der Waals surface area contributed by atoms with Crippen molar-refractivity contribution in [2.45, 2.75) is 6.10 Å². The van der Waals surface area contributed by atoms with Crippen LogP contribution in [0, 0.1) is 5.82 Å². The molecule has 0 heterocycles. The van der Waals surface area contributed by atoms with Crippen LogP contribution in [-0.4, -0.2) is 24.2 Å². The van der Waals surface area contributed by atoms with Gasteiger partial charge in [-0.15, -0.1) is 0 Å². The fourth-order valence-electron chi connectivity index (χ4n) is 1.15. The van der Waals surface area contributed by atoms with Gasteiger partial charge < -0.3 is 9.84 Å². The highest BCUT2D eigenvalue weighted by Crippen LogP contribution is 2.23. The standard InChI is InChI=1S/C10H13FO2S/c1-13-7-3-4-8(9(11)5-7)10(12)6-14-2/h3-5,10,12H,6H2,1-2H3. The van der Waals surface area contributed by atoms with Crippen LogP contribution in [0.2, 0.25) is 0 Å². The third-order valence-corrected chi connectivity index (χ3v) is 2.54. The van der Waals surface area contributed by atoms with Crippen molar-refractivity contribution in [2.24, 2.45) is 0 Å². The molecule has 0 aliphatic heterocycles. The van der Waals surface area contributed by atoms with Gasteiger partial charge in [-0.1, -0.05) is 0 Å². The molecule has 2 nitrogen and oxygen atoms in total. The van der Waals surface area contributed by atoms with Gasteiger partial charge in [-0.2, -0.15) is 11.8 Å². The van der Waals surface area contributed by atoms with E-state index in [4.69, 9.17) is 4.74 Å². The van der Waals surface area contributed by atoms with Gasteiger partial charge in [0.2, 0.25) is 0 Å². The molecule has 0 spiro atoms. The van der Waals surface area contributed by atoms with E-state index in [1.54, 1.807) is 12.1 Å². The van der Waals surface area contributed by atoms with Gasteiger partial charge in [0.15, 0.2) is 0 Å². The average Bonchev–Trinajstić information content (AvgIpc) is 2.17. The van der Waals surface area contributed by atoms with Crippen LogP contribution >= 0.6 is 11.8 Å². The second-order valence-corrected chi connectivity index (χ2v) is 3.77. The fourth-order valence-corrected chi connectivity index (χ4v) is 1.65. The van der Waals surface area contributed by atoms with Crippen LogP contribution in [0.3, 0.4) is 0 Å². The Bertz CT molecular complexity index is 304. The van der Waals surface area contributed by atoms with E-state index < -0.39 is 11.9 Å². The second-order valence-electron chi connectivity index (χ2n) is 2.86. The molecule has 0 saturated carbocycles. The predicted molar refractivity (Wildman–Crippen MR) is 56.3 cm³/mol. The number of aliphatic hydroxyl groups excluding tert-OH is 1. The van der Waals surface area contributed by atoms with Crippen LogP contribution in [-0.2, 0) is 0 Å². The molecule has 0 aliphatic carbocycles. The number of thioether (sulfide) groups is 1. The van der Waals surface area contributed by atoms with Gasteiger partial charge in [0, 0.05) is 17.4 Å². The maximum Gasteiger partial charge on any atom is 0.132 e. The monoisotopic (exact) mass is 216 g/mol. The Balaban J connectivity index is 2.88. The number of hydrogen-bond donors (Lipinski definition) is 1. The lowest BCUT2D eigenvalue weighted by atomic mass is 10.1. The number of hydrogen-bond acceptors (Lipinski definition) is 3. The van der Waals surface area contributed by atoms with Crippen molar-refractivity contribution in [3.8, 4) is 5.75 Å². The number of methoxy groups -OCH3 is 1. The molecule has 1 aromatic rings. The van der Waals surface area contributed by atoms with Gasteiger partial charge in [0.1, 0.15) is 11.6 Å². The molecule has 78 valence electrons. The maximum absolute atomic E-state index is 13.4. The second kappa shape index (κ2) is 5.22. The van der Waals surface area contributed by atoms with E-state index in [0.29, 0.717) is 17.1 Å². The van der Waals surface area contributed by atoms with E-state index in [1.807, 2.05) is 6.26 Å². The summed E-state index contributed by atoms with van der Waals surface area (Å²) < 4.78 is 18.2. The summed E-state index contributed by atoms with van der Waals surface area (Å²) in [6, 6.07) is 4.47. The van der Waals surface area contributed by atoms with Gasteiger partial charge in [-0.25, -0.2) is 4.39 Å². The van der Waals surface area contributed by atoms with Crippen molar-refractivity contribution in [1.29, 1.82) is 0 Å². The van der Waals surface area contributed by atoms with E-state index in [2.05, 4.69) is 0 Å². The van der Waals surface area contributed by atoms with Crippen LogP contribution in [0.1, 0.15) is 11.7 Å². The quantitative estimate of drug-likeness (QED) is 0.837. The molecule has 14 heavy (non-hydrogen) atoms. The van der Waals surface area contributed by atoms with Crippen LogP contribution in [0.4, 0.5) is 4.39 Å². The largest absolute Gasteiger partial charge is 0.497 e. The van der Waals surface area contributed by atoms with Gasteiger partial charge in [0.25, 0.3) is 0 Å². The Morgan fingerprint density at radius 2 is 2.29 bits per heavy atom. The zero-order chi connectivity index (χ0) is 10.6. The summed E-state index contributed by atoms with van der Waals surface area (Å²) >= 11 is 1.48. The predicted octanol–water partition coefficient (Wildman–Crippen LogP) is 2.23. The first-order valence-corrected chi connectivity index (χ1v) is 5.59. The zero-order valence-corrected chi connectivity index (χ0v) is 8.97. The van der Waals surface area contributed by atoms with Crippen molar-refractivity contribution in [1.82, 2.24) is 0 Å². The van der Waals surface area contributed by atoms with Crippen molar-refractivity contribution in [3.05, 3.63) is 29.6 Å². The lowest BCUT2D eigenvalue weighted by Crippen LogP contribution is -2.03. The topological polar surface area (TPSA) is 29.5 Å². The van der Waals surface area contributed by atoms with E-state index in [0.717, 1.165) is 0 Å². The Morgan fingerprint density at radius 3 is 2.79 bits per heavy atom. The summed E-state index contributed by atoms with van der Waals surface area (Å²) in [5.41, 5.74) is 0.320. The molecule has 0 saturated heterocycles. The minimum absolute atomic E-state index is 0.320. The first-order valence-electron chi connectivity index (χ1n) is 4.19. The van der Waals surface area contributed by atoms with Crippen LogP contribution in [0.15, 0.2) is 18.2 Å². The Hall–Kier alpha value is -0.740. The molecule has 0 aliphatic rings. The van der Waals surface area contributed by atoms with Crippen LogP contribution in [0.5, 0.6) is 5.75 Å². The molecule has 1 aromatic carbocycles. The Labute approximate surface area is 87.1 Å². The summed E-state index contributed by atoms with van der Waals surface area (Å²) in [6.07, 6.45) is 1.11. The molecule has 0 amide bonds. The van der Waals surface area contributed by atoms with Gasteiger partial charge in [0.05, 0.1) is 13.2 Å². The third kappa shape index (κ3) is 2.62. The number of halogens is 1. The highest BCUT2D eigenvalue weighted by molar-refractivity contribution is 7.98. The molecule has 4 heteroatoms. The molecular weight excluding hydrogens is 203 g/mol. The van der Waals surface area contributed by atoms with E-state index >= 15 is 0 Å². The highest BCUT2D eigenvalue weighted by Gasteiger charge is 2.12. The fraction of sp³-hybridized carbons (Fsp3) is 0.400. The smallest absolute Gasteiger partial charge is 0.132 e. The molecule has 0 bridgehead atoms. The summed E-state index contributed by atoms with van der Waals surface area (Å²) in [6.45, 7) is 0. The van der Waals surface area contributed by atoms with E-state index in [-0.39, 0.29) is 0 Å². The van der Waals surface area contributed by atoms with Crippen molar-refractivity contribution >= 4 is 11.8 Å². The molecule has 1 atom stereocenters. The molecule has 0 fully saturated rings. The van der Waals surface area contributed by atoms with E-state index in [1.165, 1.54) is 24.9 Å². The summed E-state index contributed by atoms with van der Waals surface area (Å²) in [5, 5.41) is 9.56. The molecule has 1 rings (SSSR count). The van der Waals surface area contributed by atoms with Gasteiger partial charge >= 0.3 is 0 Å². The van der Waals surface area contributed by atoms with Gasteiger partial charge in [-0.3, -0.25) is 0 Å². The highest BCUT2D eigenvalue weighted by atomic mass is 32.2. The Morgan fingerprint density at radius 1 is 1.57 bits per heavy atom. The number of aliphatic hydroxyl groups is 1. The molecule has 1 unspecified atom stereocenters. The Kier molecular flexibility index (Phi) is 4.22. The van der Waals surface area contributed by atoms with Crippen LogP contribution < -0.4 is 4.74 Å². The van der Waals surface area contributed by atoms with E-state index in [9.17, 15) is 9.50 Å². The normalized spacial score (nSPS) is 12.6. The lowest BCUT2D eigenvalue weighted by Gasteiger charge is -2.11. The third-order valence-electron chi connectivity index (χ3n) is 1.89. The first kappa shape index (κ1) is 11.3. The number of ether oxygens (including phenoxy) is 1. The maximum atomic E-state index is 13.4. The molecule has 0 radical (unpaired) electrons. The van der Waals surface area contributed by atoms with Crippen LogP contribution in [0.25, 0.3) is 0 Å². The molecule has 1 N–H and O–H groups in total. The molecular formula is C10H13FO2S. The summed E-state index contributed by atoms with van der Waals surface area (Å²) in [4.78, 5) is 0. The lowest BCUT2D eigenvalue weighted by molar-refractivity contribution is 0.199. The molecule has 0 aromatic heterocycles. The average molecular weight is 216 g/mol.